The van der Waals surface area contributed by atoms with Crippen LogP contribution in [0.5, 0.6) is 0 Å². The van der Waals surface area contributed by atoms with E-state index in [2.05, 4.69) is 21.5 Å². The Labute approximate surface area is 116 Å². The number of nitrogens with zero attached hydrogens (tertiary/aromatic N) is 3. The largest absolute Gasteiger partial charge is 0.396 e. The van der Waals surface area contributed by atoms with Crippen molar-refractivity contribution in [2.75, 3.05) is 13.7 Å². The van der Waals surface area contributed by atoms with Gasteiger partial charge >= 0.3 is 0 Å². The topological polar surface area (TPSA) is 48.2 Å². The summed E-state index contributed by atoms with van der Waals surface area (Å²) in [4.78, 5) is 11.0. The molecule has 0 aromatic rings. The summed E-state index contributed by atoms with van der Waals surface area (Å²) in [6.07, 6.45) is 7.90. The van der Waals surface area contributed by atoms with Crippen LogP contribution in [0.25, 0.3) is 0 Å². The van der Waals surface area contributed by atoms with E-state index < -0.39 is 0 Å². The fraction of sp³-hybridized carbons (Fsp3) is 0.733. The van der Waals surface area contributed by atoms with Crippen LogP contribution in [0.15, 0.2) is 22.6 Å². The van der Waals surface area contributed by atoms with Crippen LogP contribution in [0.4, 0.5) is 0 Å². The molecule has 4 nitrogen and oxygen atoms in total. The van der Waals surface area contributed by atoms with E-state index in [9.17, 15) is 5.11 Å². The zero-order chi connectivity index (χ0) is 14.3. The third-order valence-electron chi connectivity index (χ3n) is 3.82. The Morgan fingerprint density at radius 1 is 1.32 bits per heavy atom. The van der Waals surface area contributed by atoms with E-state index in [0.29, 0.717) is 24.6 Å². The molecule has 1 N–H and O–H groups in total. The number of aliphatic imine (C=N–C) groups is 2. The molecule has 2 heterocycles. The van der Waals surface area contributed by atoms with Gasteiger partial charge in [0.2, 0.25) is 5.96 Å². The molecule has 2 saturated heterocycles. The maximum atomic E-state index is 9.29. The van der Waals surface area contributed by atoms with E-state index >= 15 is 0 Å². The minimum atomic E-state index is 0.315. The summed E-state index contributed by atoms with van der Waals surface area (Å²) < 4.78 is 0. The van der Waals surface area contributed by atoms with Crippen molar-refractivity contribution in [3.63, 3.8) is 0 Å². The average Bonchev–Trinajstić information content (AvgIpc) is 2.73. The van der Waals surface area contributed by atoms with Crippen molar-refractivity contribution in [3.05, 3.63) is 12.7 Å². The Kier molecular flexibility index (Phi) is 6.78. The van der Waals surface area contributed by atoms with Gasteiger partial charge in [0.05, 0.1) is 0 Å². The second-order valence-electron chi connectivity index (χ2n) is 4.85. The molecule has 0 aromatic heterocycles. The van der Waals surface area contributed by atoms with Crippen LogP contribution in [0.2, 0.25) is 0 Å². The SMILES string of the molecule is C=C/C=N\C(=NC)N1C2CCC1CC(CO)C2.CC. The molecule has 2 bridgehead atoms. The van der Waals surface area contributed by atoms with Crippen molar-refractivity contribution in [1.29, 1.82) is 0 Å². The first kappa shape index (κ1) is 15.9. The first-order valence-corrected chi connectivity index (χ1v) is 7.31. The molecular weight excluding hydrogens is 238 g/mol. The van der Waals surface area contributed by atoms with Gasteiger partial charge in [-0.05, 0) is 31.6 Å². The van der Waals surface area contributed by atoms with Crippen LogP contribution in [0, 0.1) is 5.92 Å². The summed E-state index contributed by atoms with van der Waals surface area (Å²) in [6, 6.07) is 1.01. The predicted molar refractivity (Wildman–Crippen MR) is 81.9 cm³/mol. The van der Waals surface area contributed by atoms with Crippen molar-refractivity contribution in [2.45, 2.75) is 51.6 Å². The Balaban J connectivity index is 0.000000861. The van der Waals surface area contributed by atoms with Gasteiger partial charge < -0.3 is 10.0 Å². The van der Waals surface area contributed by atoms with Crippen molar-refractivity contribution >= 4 is 12.2 Å². The van der Waals surface area contributed by atoms with Crippen LogP contribution < -0.4 is 0 Å². The minimum Gasteiger partial charge on any atom is -0.396 e. The molecular formula is C15H27N3O. The predicted octanol–water partition coefficient (Wildman–Crippen LogP) is 2.49. The van der Waals surface area contributed by atoms with Crippen LogP contribution >= 0.6 is 0 Å². The van der Waals surface area contributed by atoms with E-state index in [1.165, 1.54) is 12.8 Å². The Hall–Kier alpha value is -1.16. The lowest BCUT2D eigenvalue weighted by Crippen LogP contribution is -2.46. The molecule has 0 radical (unpaired) electrons. The molecule has 2 fully saturated rings. The molecule has 0 amide bonds. The van der Waals surface area contributed by atoms with Gasteiger partial charge in [-0.1, -0.05) is 26.5 Å². The van der Waals surface area contributed by atoms with Gasteiger partial charge in [0.1, 0.15) is 0 Å². The smallest absolute Gasteiger partial charge is 0.220 e. The van der Waals surface area contributed by atoms with Crippen LogP contribution in [-0.4, -0.2) is 47.9 Å². The van der Waals surface area contributed by atoms with Crippen molar-refractivity contribution in [3.8, 4) is 0 Å². The molecule has 2 unspecified atom stereocenters. The number of hydrogen-bond acceptors (Lipinski definition) is 2. The number of piperidine rings is 1. The van der Waals surface area contributed by atoms with E-state index in [-0.39, 0.29) is 0 Å². The second kappa shape index (κ2) is 8.10. The zero-order valence-electron chi connectivity index (χ0n) is 12.4. The third-order valence-corrected chi connectivity index (χ3v) is 3.82. The first-order chi connectivity index (χ1) is 9.30. The molecule has 0 aromatic carbocycles. The third kappa shape index (κ3) is 3.66. The molecule has 0 aliphatic carbocycles. The van der Waals surface area contributed by atoms with Gasteiger partial charge in [0, 0.05) is 32.0 Å². The Morgan fingerprint density at radius 2 is 1.89 bits per heavy atom. The fourth-order valence-corrected chi connectivity index (χ4v) is 3.12. The normalized spacial score (nSPS) is 30.2. The highest BCUT2D eigenvalue weighted by Gasteiger charge is 2.41. The van der Waals surface area contributed by atoms with Gasteiger partial charge in [0.25, 0.3) is 0 Å². The van der Waals surface area contributed by atoms with E-state index in [0.717, 1.165) is 18.8 Å². The van der Waals surface area contributed by atoms with Crippen LogP contribution in [-0.2, 0) is 0 Å². The number of hydrogen-bond donors (Lipinski definition) is 1. The second-order valence-corrected chi connectivity index (χ2v) is 4.85. The van der Waals surface area contributed by atoms with Gasteiger partial charge in [-0.3, -0.25) is 4.99 Å². The van der Waals surface area contributed by atoms with Gasteiger partial charge in [-0.15, -0.1) is 0 Å². The number of guanidine groups is 1. The molecule has 2 atom stereocenters. The quantitative estimate of drug-likeness (QED) is 0.616. The summed E-state index contributed by atoms with van der Waals surface area (Å²) in [7, 11) is 1.79. The highest BCUT2D eigenvalue weighted by molar-refractivity contribution is 5.91. The van der Waals surface area contributed by atoms with Gasteiger partial charge in [0.15, 0.2) is 0 Å². The lowest BCUT2D eigenvalue weighted by atomic mass is 9.92. The number of fused-ring (bicyclic) bond motifs is 2. The first-order valence-electron chi connectivity index (χ1n) is 7.31. The van der Waals surface area contributed by atoms with Gasteiger partial charge in [-0.25, -0.2) is 4.99 Å². The van der Waals surface area contributed by atoms with E-state index in [1.54, 1.807) is 19.3 Å². The summed E-state index contributed by atoms with van der Waals surface area (Å²) in [5.74, 6) is 1.28. The number of rotatable bonds is 2. The molecule has 0 spiro atoms. The minimum absolute atomic E-state index is 0.315. The molecule has 2 aliphatic heterocycles. The average molecular weight is 265 g/mol. The molecule has 108 valence electrons. The summed E-state index contributed by atoms with van der Waals surface area (Å²) >= 11 is 0. The number of aliphatic hydroxyl groups is 1. The Morgan fingerprint density at radius 3 is 2.32 bits per heavy atom. The summed E-state index contributed by atoms with van der Waals surface area (Å²) in [5, 5.41) is 9.29. The van der Waals surface area contributed by atoms with Crippen LogP contribution in [0.1, 0.15) is 39.5 Å². The van der Waals surface area contributed by atoms with E-state index in [1.807, 2.05) is 13.8 Å². The summed E-state index contributed by atoms with van der Waals surface area (Å²) in [5.41, 5.74) is 0. The van der Waals surface area contributed by atoms with Crippen molar-refractivity contribution < 1.29 is 5.11 Å². The highest BCUT2D eigenvalue weighted by Crippen LogP contribution is 2.38. The Bertz CT molecular complexity index is 324. The highest BCUT2D eigenvalue weighted by atomic mass is 16.3. The maximum absolute atomic E-state index is 9.29. The zero-order valence-corrected chi connectivity index (χ0v) is 12.4. The lowest BCUT2D eigenvalue weighted by molar-refractivity contribution is 0.121. The van der Waals surface area contributed by atoms with Crippen molar-refractivity contribution in [1.82, 2.24) is 4.90 Å². The van der Waals surface area contributed by atoms with E-state index in [4.69, 9.17) is 0 Å². The number of allylic oxidation sites excluding steroid dienone is 1. The maximum Gasteiger partial charge on any atom is 0.220 e. The monoisotopic (exact) mass is 265 g/mol. The van der Waals surface area contributed by atoms with Gasteiger partial charge in [-0.2, -0.15) is 0 Å². The standard InChI is InChI=1S/C13H21N3O.C2H6/c1-3-6-15-13(14-2)16-11-4-5-12(16)8-10(7-11)9-17;1-2/h3,6,10-12,17H,1,4-5,7-9H2,2H3;1-2H3/b14-13?,15-6-;. The lowest BCUT2D eigenvalue weighted by Gasteiger charge is -2.38. The number of aliphatic hydroxyl groups excluding tert-OH is 1. The molecule has 2 aliphatic rings. The van der Waals surface area contributed by atoms with Crippen LogP contribution in [0.3, 0.4) is 0 Å². The molecule has 0 saturated carbocycles. The molecule has 2 rings (SSSR count). The fourth-order valence-electron chi connectivity index (χ4n) is 3.12. The van der Waals surface area contributed by atoms with Crippen molar-refractivity contribution in [2.24, 2.45) is 15.9 Å². The molecule has 19 heavy (non-hydrogen) atoms. The molecule has 4 heteroatoms. The summed E-state index contributed by atoms with van der Waals surface area (Å²) in [6.45, 7) is 7.95.